The van der Waals surface area contributed by atoms with Crippen LogP contribution < -0.4 is 0 Å². The molecule has 5 heteroatoms. The van der Waals surface area contributed by atoms with Crippen molar-refractivity contribution in [1.82, 2.24) is 14.8 Å². The van der Waals surface area contributed by atoms with Gasteiger partial charge in [0.25, 0.3) is 0 Å². The normalized spacial score (nSPS) is 11.8. The molecule has 0 aliphatic carbocycles. The van der Waals surface area contributed by atoms with E-state index in [1.165, 1.54) is 0 Å². The summed E-state index contributed by atoms with van der Waals surface area (Å²) in [4.78, 5) is 0. The summed E-state index contributed by atoms with van der Waals surface area (Å²) < 4.78 is 7.53. The Morgan fingerprint density at radius 1 is 1.22 bits per heavy atom. The summed E-state index contributed by atoms with van der Waals surface area (Å²) in [5, 5.41) is 9.12. The van der Waals surface area contributed by atoms with Gasteiger partial charge in [-0.1, -0.05) is 34.1 Å². The summed E-state index contributed by atoms with van der Waals surface area (Å²) in [5.74, 6) is 1.66. The molecule has 96 valence electrons. The van der Waals surface area contributed by atoms with Crippen LogP contribution in [-0.4, -0.2) is 21.9 Å². The molecule has 0 atom stereocenters. The number of para-hydroxylation sites is 1. The molecule has 2 rings (SSSR count). The molecule has 0 aliphatic heterocycles. The van der Waals surface area contributed by atoms with E-state index >= 15 is 0 Å². The quantitative estimate of drug-likeness (QED) is 0.815. The van der Waals surface area contributed by atoms with Crippen molar-refractivity contribution in [2.24, 2.45) is 0 Å². The first-order chi connectivity index (χ1) is 8.60. The van der Waals surface area contributed by atoms with Crippen LogP contribution >= 0.6 is 15.9 Å². The molecule has 0 saturated heterocycles. The highest BCUT2D eigenvalue weighted by atomic mass is 79.9. The van der Waals surface area contributed by atoms with E-state index in [-0.39, 0.29) is 0 Å². The third-order valence-corrected chi connectivity index (χ3v) is 3.41. The van der Waals surface area contributed by atoms with Crippen molar-refractivity contribution in [3.8, 4) is 5.69 Å². The van der Waals surface area contributed by atoms with Crippen LogP contribution in [0.3, 0.4) is 0 Å². The van der Waals surface area contributed by atoms with Gasteiger partial charge in [-0.3, -0.25) is 4.57 Å². The van der Waals surface area contributed by atoms with Crippen molar-refractivity contribution in [2.45, 2.75) is 24.8 Å². The van der Waals surface area contributed by atoms with E-state index < -0.39 is 5.60 Å². The predicted molar refractivity (Wildman–Crippen MR) is 74.0 cm³/mol. The van der Waals surface area contributed by atoms with Gasteiger partial charge in [-0.05, 0) is 26.0 Å². The van der Waals surface area contributed by atoms with E-state index in [1.54, 1.807) is 7.11 Å². The molecule has 4 nitrogen and oxygen atoms in total. The fourth-order valence-electron chi connectivity index (χ4n) is 1.73. The molecule has 2 aromatic rings. The van der Waals surface area contributed by atoms with Crippen LogP contribution in [0.15, 0.2) is 30.3 Å². The van der Waals surface area contributed by atoms with Crippen LogP contribution in [-0.2, 0) is 15.7 Å². The lowest BCUT2D eigenvalue weighted by Crippen LogP contribution is -2.25. The minimum Gasteiger partial charge on any atom is -0.371 e. The molecule has 0 amide bonds. The number of aromatic nitrogens is 3. The summed E-state index contributed by atoms with van der Waals surface area (Å²) in [6, 6.07) is 10.0. The molecule has 0 aliphatic rings. The molecule has 0 saturated carbocycles. The van der Waals surface area contributed by atoms with Crippen LogP contribution in [0, 0.1) is 0 Å². The third-order valence-electron chi connectivity index (χ3n) is 2.91. The summed E-state index contributed by atoms with van der Waals surface area (Å²) >= 11 is 3.44. The van der Waals surface area contributed by atoms with E-state index in [1.807, 2.05) is 48.7 Å². The van der Waals surface area contributed by atoms with Crippen molar-refractivity contribution in [3.05, 3.63) is 42.0 Å². The molecule has 0 N–H and O–H groups in total. The molecule has 1 aromatic carbocycles. The molecule has 1 aromatic heterocycles. The fraction of sp³-hybridized carbons (Fsp3) is 0.385. The van der Waals surface area contributed by atoms with Gasteiger partial charge >= 0.3 is 0 Å². The lowest BCUT2D eigenvalue weighted by Gasteiger charge is -2.23. The Labute approximate surface area is 115 Å². The highest BCUT2D eigenvalue weighted by molar-refractivity contribution is 9.08. The van der Waals surface area contributed by atoms with Gasteiger partial charge in [0.2, 0.25) is 0 Å². The van der Waals surface area contributed by atoms with Crippen LogP contribution in [0.1, 0.15) is 25.5 Å². The van der Waals surface area contributed by atoms with Gasteiger partial charge < -0.3 is 4.74 Å². The number of methoxy groups -OCH3 is 1. The van der Waals surface area contributed by atoms with Gasteiger partial charge in [0.15, 0.2) is 5.82 Å². The van der Waals surface area contributed by atoms with Gasteiger partial charge in [0.1, 0.15) is 11.4 Å². The van der Waals surface area contributed by atoms with Crippen molar-refractivity contribution in [3.63, 3.8) is 0 Å². The Morgan fingerprint density at radius 2 is 1.89 bits per heavy atom. The average Bonchev–Trinajstić information content (AvgIpc) is 2.84. The van der Waals surface area contributed by atoms with Crippen LogP contribution in [0.25, 0.3) is 5.69 Å². The van der Waals surface area contributed by atoms with Gasteiger partial charge in [-0.15, -0.1) is 10.2 Å². The Hall–Kier alpha value is -1.20. The summed E-state index contributed by atoms with van der Waals surface area (Å²) in [6.45, 7) is 3.96. The van der Waals surface area contributed by atoms with Gasteiger partial charge in [-0.25, -0.2) is 0 Å². The van der Waals surface area contributed by atoms with E-state index in [0.717, 1.165) is 17.3 Å². The molecular weight excluding hydrogens is 294 g/mol. The largest absolute Gasteiger partial charge is 0.371 e. The maximum Gasteiger partial charge on any atom is 0.169 e. The van der Waals surface area contributed by atoms with Crippen LogP contribution in [0.5, 0.6) is 0 Å². The van der Waals surface area contributed by atoms with Crippen molar-refractivity contribution in [2.75, 3.05) is 7.11 Å². The Morgan fingerprint density at radius 3 is 2.44 bits per heavy atom. The number of halogens is 1. The number of alkyl halides is 1. The Balaban J connectivity index is 2.61. The highest BCUT2D eigenvalue weighted by Crippen LogP contribution is 2.26. The fourth-order valence-corrected chi connectivity index (χ4v) is 2.10. The molecular formula is C13H16BrN3O. The molecule has 1 heterocycles. The van der Waals surface area contributed by atoms with Crippen molar-refractivity contribution in [1.29, 1.82) is 0 Å². The second kappa shape index (κ2) is 5.20. The third kappa shape index (κ3) is 2.33. The lowest BCUT2D eigenvalue weighted by atomic mass is 10.1. The number of ether oxygens (including phenoxy) is 1. The van der Waals surface area contributed by atoms with E-state index in [0.29, 0.717) is 5.33 Å². The Kier molecular flexibility index (Phi) is 3.82. The van der Waals surface area contributed by atoms with Gasteiger partial charge in [0, 0.05) is 12.8 Å². The zero-order valence-corrected chi connectivity index (χ0v) is 12.3. The maximum atomic E-state index is 5.51. The summed E-state index contributed by atoms with van der Waals surface area (Å²) in [7, 11) is 1.68. The number of hydrogen-bond acceptors (Lipinski definition) is 3. The first-order valence-electron chi connectivity index (χ1n) is 5.71. The number of rotatable bonds is 4. The standard InChI is InChI=1S/C13H16BrN3O/c1-13(2,18-3)12-16-15-11(9-14)17(12)10-7-5-4-6-8-10/h4-8H,9H2,1-3H3. The van der Waals surface area contributed by atoms with Crippen LogP contribution in [0.2, 0.25) is 0 Å². The SMILES string of the molecule is COC(C)(C)c1nnc(CBr)n1-c1ccccc1. The zero-order valence-electron chi connectivity index (χ0n) is 10.7. The highest BCUT2D eigenvalue weighted by Gasteiger charge is 2.28. The number of benzene rings is 1. The van der Waals surface area contributed by atoms with Crippen LogP contribution in [0.4, 0.5) is 0 Å². The Bertz CT molecular complexity index is 522. The van der Waals surface area contributed by atoms with Crippen molar-refractivity contribution < 1.29 is 4.74 Å². The molecule has 0 spiro atoms. The predicted octanol–water partition coefficient (Wildman–Crippen LogP) is 3.04. The monoisotopic (exact) mass is 309 g/mol. The topological polar surface area (TPSA) is 39.9 Å². The zero-order chi connectivity index (χ0) is 13.2. The van der Waals surface area contributed by atoms with Crippen molar-refractivity contribution >= 4 is 15.9 Å². The molecule has 18 heavy (non-hydrogen) atoms. The minimum absolute atomic E-state index is 0.483. The second-order valence-electron chi connectivity index (χ2n) is 4.46. The first kappa shape index (κ1) is 13.2. The van der Waals surface area contributed by atoms with Gasteiger partial charge in [0.05, 0.1) is 5.33 Å². The molecule has 0 bridgehead atoms. The smallest absolute Gasteiger partial charge is 0.169 e. The minimum atomic E-state index is -0.483. The lowest BCUT2D eigenvalue weighted by molar-refractivity contribution is 0.00991. The maximum absolute atomic E-state index is 5.51. The number of hydrogen-bond donors (Lipinski definition) is 0. The van der Waals surface area contributed by atoms with E-state index in [9.17, 15) is 0 Å². The molecule has 0 fully saturated rings. The molecule has 0 radical (unpaired) electrons. The molecule has 0 unspecified atom stereocenters. The van der Waals surface area contributed by atoms with E-state index in [2.05, 4.69) is 26.1 Å². The van der Waals surface area contributed by atoms with E-state index in [4.69, 9.17) is 4.74 Å². The second-order valence-corrected chi connectivity index (χ2v) is 5.02. The number of nitrogens with zero attached hydrogens (tertiary/aromatic N) is 3. The average molecular weight is 310 g/mol. The first-order valence-corrected chi connectivity index (χ1v) is 6.83. The summed E-state index contributed by atoms with van der Waals surface area (Å²) in [5.41, 5.74) is 0.556. The van der Waals surface area contributed by atoms with Gasteiger partial charge in [-0.2, -0.15) is 0 Å². The summed E-state index contributed by atoms with van der Waals surface area (Å²) in [6.07, 6.45) is 0.